The predicted molar refractivity (Wildman–Crippen MR) is 34.0 cm³/mol. The third-order valence-electron chi connectivity index (χ3n) is 1.27. The van der Waals surface area contributed by atoms with E-state index in [9.17, 15) is 0 Å². The number of hydrogen-bond donors (Lipinski definition) is 0. The van der Waals surface area contributed by atoms with Crippen molar-refractivity contribution in [3.8, 4) is 0 Å². The van der Waals surface area contributed by atoms with Crippen LogP contribution in [0.5, 0.6) is 0 Å². The van der Waals surface area contributed by atoms with Crippen molar-refractivity contribution in [3.63, 3.8) is 0 Å². The Morgan fingerprint density at radius 1 is 1.50 bits per heavy atom. The first-order chi connectivity index (χ1) is 3.31. The molecule has 0 aromatic heterocycles. The molecule has 0 spiro atoms. The fourth-order valence-corrected chi connectivity index (χ4v) is 0.637. The summed E-state index contributed by atoms with van der Waals surface area (Å²) in [5, 5.41) is 0. The third kappa shape index (κ3) is 6.62. The summed E-state index contributed by atoms with van der Waals surface area (Å²) in [5.41, 5.74) is 0. The van der Waals surface area contributed by atoms with E-state index in [0.29, 0.717) is 0 Å². The molecule has 8 heavy (non-hydrogen) atoms. The molecule has 0 nitrogen and oxygen atoms in total. The molecule has 0 aromatic rings. The topological polar surface area (TPSA) is 0 Å². The Morgan fingerprint density at radius 2 is 2.00 bits per heavy atom. The van der Waals surface area contributed by atoms with E-state index in [1.807, 2.05) is 0 Å². The van der Waals surface area contributed by atoms with Crippen molar-refractivity contribution in [1.82, 2.24) is 0 Å². The summed E-state index contributed by atoms with van der Waals surface area (Å²) < 4.78 is 0. The first-order valence-electron chi connectivity index (χ1n) is 3.10. The molecule has 1 radical (unpaired) electrons. The van der Waals surface area contributed by atoms with Crippen LogP contribution in [0, 0.1) is 12.8 Å². The molecule has 0 N–H and O–H groups in total. The Balaban J connectivity index is 0. The minimum atomic E-state index is 0. The summed E-state index contributed by atoms with van der Waals surface area (Å²) in [6.07, 6.45) is 3.73. The van der Waals surface area contributed by atoms with E-state index in [-0.39, 0.29) is 19.5 Å². The Hall–Kier alpha value is 0.623. The normalized spacial score (nSPS) is 12.4. The Kier molecular flexibility index (Phi) is 10.9. The second-order valence-electron chi connectivity index (χ2n) is 2.18. The van der Waals surface area contributed by atoms with Gasteiger partial charge in [-0.1, -0.05) is 40.0 Å². The van der Waals surface area contributed by atoms with E-state index in [1.165, 1.54) is 12.8 Å². The van der Waals surface area contributed by atoms with Gasteiger partial charge in [0.05, 0.1) is 0 Å². The molecule has 0 aliphatic rings. The molecular formula is C7H15Zn. The zero-order chi connectivity index (χ0) is 5.70. The van der Waals surface area contributed by atoms with Crippen LogP contribution in [0.1, 0.15) is 33.1 Å². The van der Waals surface area contributed by atoms with Crippen LogP contribution in [0.4, 0.5) is 0 Å². The van der Waals surface area contributed by atoms with Crippen LogP contribution in [-0.2, 0) is 19.5 Å². The Morgan fingerprint density at radius 3 is 2.12 bits per heavy atom. The van der Waals surface area contributed by atoms with E-state index < -0.39 is 0 Å². The average molecular weight is 165 g/mol. The van der Waals surface area contributed by atoms with Gasteiger partial charge in [-0.2, -0.15) is 0 Å². The molecule has 45 valence electrons. The van der Waals surface area contributed by atoms with Crippen molar-refractivity contribution in [2.75, 3.05) is 0 Å². The van der Waals surface area contributed by atoms with Gasteiger partial charge in [-0.05, 0) is 5.92 Å². The monoisotopic (exact) mass is 163 g/mol. The zero-order valence-electron chi connectivity index (χ0n) is 6.11. The summed E-state index contributed by atoms with van der Waals surface area (Å²) >= 11 is 0. The van der Waals surface area contributed by atoms with Crippen LogP contribution in [0.2, 0.25) is 0 Å². The molecule has 1 heteroatoms. The molecule has 0 saturated carbocycles. The van der Waals surface area contributed by atoms with Crippen molar-refractivity contribution < 1.29 is 19.5 Å². The van der Waals surface area contributed by atoms with Crippen LogP contribution in [0.15, 0.2) is 0 Å². The molecule has 0 saturated heterocycles. The molecule has 0 fully saturated rings. The molecule has 0 bridgehead atoms. The van der Waals surface area contributed by atoms with Gasteiger partial charge in [0, 0.05) is 19.5 Å². The van der Waals surface area contributed by atoms with Gasteiger partial charge in [-0.3, -0.25) is 0 Å². The van der Waals surface area contributed by atoms with Gasteiger partial charge in [-0.25, -0.2) is 0 Å². The maximum Gasteiger partial charge on any atom is 0 e. The molecule has 0 rings (SSSR count). The van der Waals surface area contributed by atoms with Gasteiger partial charge < -0.3 is 0 Å². The summed E-state index contributed by atoms with van der Waals surface area (Å²) in [4.78, 5) is 0. The third-order valence-corrected chi connectivity index (χ3v) is 1.27. The van der Waals surface area contributed by atoms with Gasteiger partial charge in [0.15, 0.2) is 0 Å². The Labute approximate surface area is 65.8 Å². The zero-order valence-corrected chi connectivity index (χ0v) is 9.08. The average Bonchev–Trinajstić information content (AvgIpc) is 1.68. The van der Waals surface area contributed by atoms with Gasteiger partial charge >= 0.3 is 0 Å². The van der Waals surface area contributed by atoms with E-state index in [0.717, 1.165) is 12.3 Å². The van der Waals surface area contributed by atoms with E-state index >= 15 is 0 Å². The molecule has 0 aliphatic carbocycles. The molecule has 0 aliphatic heterocycles. The van der Waals surface area contributed by atoms with Crippen LogP contribution in [0.3, 0.4) is 0 Å². The van der Waals surface area contributed by atoms with Crippen molar-refractivity contribution in [2.45, 2.75) is 33.1 Å². The first kappa shape index (κ1) is 11.4. The van der Waals surface area contributed by atoms with Crippen LogP contribution in [-0.4, -0.2) is 0 Å². The molecule has 0 heterocycles. The van der Waals surface area contributed by atoms with Gasteiger partial charge in [0.1, 0.15) is 0 Å². The summed E-state index contributed by atoms with van der Waals surface area (Å²) in [7, 11) is 0. The van der Waals surface area contributed by atoms with Crippen molar-refractivity contribution in [2.24, 2.45) is 5.92 Å². The molecule has 1 unspecified atom stereocenters. The maximum absolute atomic E-state index is 3.80. The molecule has 0 amide bonds. The van der Waals surface area contributed by atoms with Crippen molar-refractivity contribution in [3.05, 3.63) is 6.92 Å². The van der Waals surface area contributed by atoms with Gasteiger partial charge in [0.2, 0.25) is 0 Å². The fourth-order valence-electron chi connectivity index (χ4n) is 0.637. The van der Waals surface area contributed by atoms with Crippen LogP contribution >= 0.6 is 0 Å². The van der Waals surface area contributed by atoms with Gasteiger partial charge in [-0.15, -0.1) is 0 Å². The van der Waals surface area contributed by atoms with E-state index in [1.54, 1.807) is 0 Å². The van der Waals surface area contributed by atoms with Crippen molar-refractivity contribution in [1.29, 1.82) is 0 Å². The molecular weight excluding hydrogens is 149 g/mol. The minimum Gasteiger partial charge on any atom is -0.0654 e. The number of hydrogen-bond acceptors (Lipinski definition) is 0. The quantitative estimate of drug-likeness (QED) is 0.563. The molecule has 0 aromatic carbocycles. The first-order valence-corrected chi connectivity index (χ1v) is 3.10. The SMILES string of the molecule is [CH2]CC(C)CCC.[Zn]. The smallest absolute Gasteiger partial charge is 0 e. The predicted octanol–water partition coefficient (Wildman–Crippen LogP) is 2.64. The van der Waals surface area contributed by atoms with Gasteiger partial charge in [0.25, 0.3) is 0 Å². The van der Waals surface area contributed by atoms with E-state index in [2.05, 4.69) is 20.8 Å². The maximum atomic E-state index is 3.80. The largest absolute Gasteiger partial charge is 0.0654 e. The Bertz CT molecular complexity index is 35.4. The summed E-state index contributed by atoms with van der Waals surface area (Å²) in [6, 6.07) is 0. The minimum absolute atomic E-state index is 0. The standard InChI is InChI=1S/C7H15.Zn/c1-4-6-7(3)5-2;/h7H,2,4-6H2,1,3H3;. The number of rotatable bonds is 3. The van der Waals surface area contributed by atoms with Crippen molar-refractivity contribution >= 4 is 0 Å². The van der Waals surface area contributed by atoms with Crippen LogP contribution in [0.25, 0.3) is 0 Å². The molecule has 1 atom stereocenters. The fraction of sp³-hybridized carbons (Fsp3) is 0.857. The second-order valence-corrected chi connectivity index (χ2v) is 2.18. The summed E-state index contributed by atoms with van der Waals surface area (Å²) in [5.74, 6) is 0.838. The second kappa shape index (κ2) is 7.62. The summed E-state index contributed by atoms with van der Waals surface area (Å²) in [6.45, 7) is 8.27. The van der Waals surface area contributed by atoms with E-state index in [4.69, 9.17) is 0 Å². The van der Waals surface area contributed by atoms with Crippen LogP contribution < -0.4 is 0 Å².